The third-order valence-corrected chi connectivity index (χ3v) is 5.71. The van der Waals surface area contributed by atoms with Gasteiger partial charge in [0.15, 0.2) is 6.61 Å². The Bertz CT molecular complexity index is 1090. The zero-order valence-electron chi connectivity index (χ0n) is 15.8. The normalized spacial score (nSPS) is 15.1. The fourth-order valence-corrected chi connectivity index (χ4v) is 4.85. The smallest absolute Gasteiger partial charge is 0.341 e. The maximum Gasteiger partial charge on any atom is 0.341 e. The first kappa shape index (κ1) is 23.0. The van der Waals surface area contributed by atoms with E-state index < -0.39 is 30.4 Å². The molecule has 1 fully saturated rings. The number of carbonyl (C=O) groups is 4. The minimum atomic E-state index is -1.11. The molecule has 0 bridgehead atoms. The van der Waals surface area contributed by atoms with Crippen molar-refractivity contribution >= 4 is 80.8 Å². The number of aliphatic carboxylic acids is 1. The van der Waals surface area contributed by atoms with Crippen LogP contribution in [0.2, 0.25) is 0 Å². The number of urea groups is 1. The van der Waals surface area contributed by atoms with Crippen LogP contribution >= 0.6 is 45.2 Å². The van der Waals surface area contributed by atoms with Gasteiger partial charge in [-0.2, -0.15) is 0 Å². The Balaban J connectivity index is 1.95. The van der Waals surface area contributed by atoms with E-state index in [2.05, 4.69) is 5.32 Å². The van der Waals surface area contributed by atoms with E-state index in [4.69, 9.17) is 14.6 Å². The summed E-state index contributed by atoms with van der Waals surface area (Å²) in [6.07, 6.45) is 1.37. The Labute approximate surface area is 203 Å². The molecule has 1 heterocycles. The van der Waals surface area contributed by atoms with Gasteiger partial charge >= 0.3 is 12.0 Å². The highest BCUT2D eigenvalue weighted by Gasteiger charge is 2.36. The van der Waals surface area contributed by atoms with Crippen molar-refractivity contribution in [1.82, 2.24) is 5.32 Å². The zero-order valence-corrected chi connectivity index (χ0v) is 20.2. The summed E-state index contributed by atoms with van der Waals surface area (Å²) < 4.78 is 11.6. The molecule has 4 amide bonds. The molecule has 11 heteroatoms. The number of carboxylic acids is 1. The monoisotopic (exact) mass is 648 g/mol. The maximum atomic E-state index is 13.0. The van der Waals surface area contributed by atoms with E-state index in [0.29, 0.717) is 24.2 Å². The lowest BCUT2D eigenvalue weighted by Gasteiger charge is -2.26. The van der Waals surface area contributed by atoms with Crippen molar-refractivity contribution < 1.29 is 33.8 Å². The van der Waals surface area contributed by atoms with Crippen LogP contribution in [0.1, 0.15) is 5.56 Å². The van der Waals surface area contributed by atoms with Crippen molar-refractivity contribution in [2.75, 3.05) is 18.6 Å². The summed E-state index contributed by atoms with van der Waals surface area (Å²) in [6.45, 7) is -0.494. The molecule has 0 radical (unpaired) electrons. The maximum absolute atomic E-state index is 13.0. The number of imide groups is 2. The van der Waals surface area contributed by atoms with Gasteiger partial charge in [-0.1, -0.05) is 0 Å². The molecule has 0 aromatic heterocycles. The van der Waals surface area contributed by atoms with Gasteiger partial charge in [-0.25, -0.2) is 14.5 Å². The molecule has 1 aliphatic rings. The Morgan fingerprint density at radius 1 is 1.13 bits per heavy atom. The van der Waals surface area contributed by atoms with Crippen LogP contribution in [0.25, 0.3) is 6.08 Å². The summed E-state index contributed by atoms with van der Waals surface area (Å²) in [6, 6.07) is 8.68. The van der Waals surface area contributed by atoms with Gasteiger partial charge in [0.05, 0.1) is 19.9 Å². The Morgan fingerprint density at radius 2 is 1.74 bits per heavy atom. The second kappa shape index (κ2) is 9.64. The first-order valence-electron chi connectivity index (χ1n) is 8.60. The topological polar surface area (TPSA) is 122 Å². The summed E-state index contributed by atoms with van der Waals surface area (Å²) in [5.41, 5.74) is 0.573. The molecule has 0 spiro atoms. The predicted octanol–water partition coefficient (Wildman–Crippen LogP) is 3.03. The van der Waals surface area contributed by atoms with Gasteiger partial charge in [0.1, 0.15) is 17.1 Å². The minimum Gasteiger partial charge on any atom is -0.497 e. The van der Waals surface area contributed by atoms with Gasteiger partial charge in [-0.05, 0) is 93.2 Å². The van der Waals surface area contributed by atoms with Crippen molar-refractivity contribution in [2.24, 2.45) is 0 Å². The Morgan fingerprint density at radius 3 is 2.29 bits per heavy atom. The van der Waals surface area contributed by atoms with E-state index in [0.717, 1.165) is 4.90 Å². The highest BCUT2D eigenvalue weighted by molar-refractivity contribution is 14.1. The SMILES string of the molecule is COc1ccc(N2C(=O)NC(=O)/C(=C/c3cc(I)c(OCC(=O)O)c(I)c3)C2=O)cc1. The van der Waals surface area contributed by atoms with Crippen LogP contribution in [0.5, 0.6) is 11.5 Å². The standard InChI is InChI=1S/C20H14I2N2O7/c1-30-12-4-2-11(3-5-12)24-19(28)13(18(27)23-20(24)29)6-10-7-14(21)17(15(22)8-10)31-9-16(25)26/h2-8H,9H2,1H3,(H,25,26)(H,23,27,29)/b13-6-. The van der Waals surface area contributed by atoms with Crippen molar-refractivity contribution in [3.8, 4) is 11.5 Å². The molecular weight excluding hydrogens is 634 g/mol. The molecule has 0 saturated carbocycles. The van der Waals surface area contributed by atoms with Crippen LogP contribution < -0.4 is 19.7 Å². The van der Waals surface area contributed by atoms with Crippen LogP contribution in [0.15, 0.2) is 42.0 Å². The number of nitrogens with one attached hydrogen (secondary N) is 1. The molecule has 0 unspecified atom stereocenters. The van der Waals surface area contributed by atoms with E-state index in [1.165, 1.54) is 25.3 Å². The third-order valence-electron chi connectivity index (χ3n) is 4.10. The van der Waals surface area contributed by atoms with Crippen LogP contribution in [0, 0.1) is 7.14 Å². The average molecular weight is 648 g/mol. The van der Waals surface area contributed by atoms with Crippen LogP contribution in [0.3, 0.4) is 0 Å². The summed E-state index contributed by atoms with van der Waals surface area (Å²) in [4.78, 5) is 49.2. The zero-order chi connectivity index (χ0) is 22.7. The Hall–Kier alpha value is -2.68. The molecule has 9 nitrogen and oxygen atoms in total. The van der Waals surface area contributed by atoms with Crippen molar-refractivity contribution in [2.45, 2.75) is 0 Å². The Kier molecular flexibility index (Phi) is 7.15. The van der Waals surface area contributed by atoms with Gasteiger partial charge < -0.3 is 14.6 Å². The number of carbonyl (C=O) groups excluding carboxylic acids is 3. The molecule has 2 aromatic carbocycles. The third kappa shape index (κ3) is 5.15. The fourth-order valence-electron chi connectivity index (χ4n) is 2.72. The number of hydrogen-bond acceptors (Lipinski definition) is 6. The molecule has 1 aliphatic heterocycles. The van der Waals surface area contributed by atoms with E-state index in [1.807, 2.05) is 45.2 Å². The number of hydrogen-bond donors (Lipinski definition) is 2. The number of ether oxygens (including phenoxy) is 2. The first-order valence-corrected chi connectivity index (χ1v) is 10.8. The fraction of sp³-hybridized carbons (Fsp3) is 0.100. The number of halogens is 2. The molecule has 2 N–H and O–H groups in total. The minimum absolute atomic E-state index is 0.221. The number of methoxy groups -OCH3 is 1. The quantitative estimate of drug-likeness (QED) is 0.281. The number of rotatable bonds is 6. The lowest BCUT2D eigenvalue weighted by molar-refractivity contribution is -0.139. The van der Waals surface area contributed by atoms with Crippen LogP contribution in [-0.4, -0.2) is 42.6 Å². The summed E-state index contributed by atoms with van der Waals surface area (Å²) in [5, 5.41) is 11.0. The van der Waals surface area contributed by atoms with Crippen molar-refractivity contribution in [1.29, 1.82) is 0 Å². The molecule has 3 rings (SSSR count). The first-order chi connectivity index (χ1) is 14.7. The molecule has 0 aliphatic carbocycles. The number of anilines is 1. The van der Waals surface area contributed by atoms with E-state index >= 15 is 0 Å². The number of barbiturate groups is 1. The van der Waals surface area contributed by atoms with Crippen molar-refractivity contribution in [3.05, 3.63) is 54.7 Å². The van der Waals surface area contributed by atoms with E-state index in [9.17, 15) is 19.2 Å². The molecule has 0 atom stereocenters. The molecule has 160 valence electrons. The largest absolute Gasteiger partial charge is 0.497 e. The van der Waals surface area contributed by atoms with Gasteiger partial charge in [0, 0.05) is 0 Å². The highest BCUT2D eigenvalue weighted by Crippen LogP contribution is 2.31. The summed E-state index contributed by atoms with van der Waals surface area (Å²) in [5.74, 6) is -1.74. The van der Waals surface area contributed by atoms with E-state index in [-0.39, 0.29) is 11.3 Å². The second-order valence-electron chi connectivity index (χ2n) is 6.15. The van der Waals surface area contributed by atoms with Crippen molar-refractivity contribution in [3.63, 3.8) is 0 Å². The van der Waals surface area contributed by atoms with E-state index in [1.54, 1.807) is 24.3 Å². The van der Waals surface area contributed by atoms with Gasteiger partial charge in [-0.15, -0.1) is 0 Å². The number of carboxylic acid groups (broad SMARTS) is 1. The van der Waals surface area contributed by atoms with Gasteiger partial charge in [0.25, 0.3) is 11.8 Å². The number of nitrogens with zero attached hydrogens (tertiary/aromatic N) is 1. The van der Waals surface area contributed by atoms with Gasteiger partial charge in [-0.3, -0.25) is 14.9 Å². The number of amides is 4. The lowest BCUT2D eigenvalue weighted by atomic mass is 10.1. The molecular formula is C20H14I2N2O7. The highest BCUT2D eigenvalue weighted by atomic mass is 127. The summed E-state index contributed by atoms with van der Waals surface area (Å²) in [7, 11) is 1.49. The van der Waals surface area contributed by atoms with Crippen LogP contribution in [0.4, 0.5) is 10.5 Å². The lowest BCUT2D eigenvalue weighted by Crippen LogP contribution is -2.54. The average Bonchev–Trinajstić information content (AvgIpc) is 2.70. The summed E-state index contributed by atoms with van der Waals surface area (Å²) >= 11 is 3.95. The van der Waals surface area contributed by atoms with Crippen LogP contribution in [-0.2, 0) is 14.4 Å². The number of benzene rings is 2. The molecule has 2 aromatic rings. The second-order valence-corrected chi connectivity index (χ2v) is 8.48. The van der Waals surface area contributed by atoms with Gasteiger partial charge in [0.2, 0.25) is 0 Å². The molecule has 31 heavy (non-hydrogen) atoms. The predicted molar refractivity (Wildman–Crippen MR) is 127 cm³/mol. The molecule has 1 saturated heterocycles.